The molecule has 0 fully saturated rings. The zero-order valence-corrected chi connectivity index (χ0v) is 11.9. The summed E-state index contributed by atoms with van der Waals surface area (Å²) in [7, 11) is 0. The molecule has 0 saturated carbocycles. The van der Waals surface area contributed by atoms with Gasteiger partial charge in [-0.05, 0) is 6.92 Å². The third kappa shape index (κ3) is 48.5. The first-order valence-electron chi connectivity index (χ1n) is 3.98. The summed E-state index contributed by atoms with van der Waals surface area (Å²) in [6.07, 6.45) is 3.98. The van der Waals surface area contributed by atoms with E-state index in [0.29, 0.717) is 0 Å². The fraction of sp³-hybridized carbons (Fsp3) is 0.500. The van der Waals surface area contributed by atoms with Gasteiger partial charge in [-0.25, -0.2) is 0 Å². The third-order valence-electron chi connectivity index (χ3n) is 0.376. The standard InChI is InChI=1S/C6H8N.2C2H6.Y/c1-4-5-7-6(2)3;2*1-2;/h5H,1-2H2,3H3;2*1-2H3;/q-1;;;. The van der Waals surface area contributed by atoms with Crippen molar-refractivity contribution < 1.29 is 32.7 Å². The van der Waals surface area contributed by atoms with Gasteiger partial charge in [0.2, 0.25) is 0 Å². The van der Waals surface area contributed by atoms with Gasteiger partial charge in [-0.3, -0.25) is 11.6 Å². The van der Waals surface area contributed by atoms with E-state index in [1.807, 2.05) is 34.6 Å². The average molecular weight is 243 g/mol. The monoisotopic (exact) mass is 243 g/mol. The van der Waals surface area contributed by atoms with Crippen molar-refractivity contribution in [3.8, 4) is 0 Å². The molecule has 69 valence electrons. The van der Waals surface area contributed by atoms with Crippen LogP contribution in [0, 0.1) is 6.08 Å². The summed E-state index contributed by atoms with van der Waals surface area (Å²) >= 11 is 0. The summed E-state index contributed by atoms with van der Waals surface area (Å²) in [5.74, 6) is 0. The normalized spacial score (nSPS) is 6.42. The van der Waals surface area contributed by atoms with Gasteiger partial charge in [-0.1, -0.05) is 34.3 Å². The molecule has 0 heterocycles. The van der Waals surface area contributed by atoms with E-state index in [1.54, 1.807) is 0 Å². The summed E-state index contributed by atoms with van der Waals surface area (Å²) in [4.78, 5) is 3.75. The van der Waals surface area contributed by atoms with Crippen molar-refractivity contribution in [2.75, 3.05) is 0 Å². The van der Waals surface area contributed by atoms with Crippen LogP contribution in [0.5, 0.6) is 0 Å². The molecule has 0 rings (SSSR count). The molecule has 0 aromatic rings. The van der Waals surface area contributed by atoms with Gasteiger partial charge in [-0.15, -0.1) is 0 Å². The minimum Gasteiger partial charge on any atom is -0.461 e. The summed E-state index contributed by atoms with van der Waals surface area (Å²) in [5.41, 5.74) is 0.774. The maximum absolute atomic E-state index is 3.75. The Morgan fingerprint density at radius 1 is 1.25 bits per heavy atom. The molecule has 0 atom stereocenters. The second-order valence-corrected chi connectivity index (χ2v) is 1.20. The number of hydrogen-bond donors (Lipinski definition) is 0. The van der Waals surface area contributed by atoms with Crippen LogP contribution in [0.4, 0.5) is 0 Å². The van der Waals surface area contributed by atoms with Crippen molar-refractivity contribution in [3.05, 3.63) is 24.9 Å². The molecular formula is C10H20NY-. The first-order valence-corrected chi connectivity index (χ1v) is 3.98. The molecule has 0 aromatic heterocycles. The van der Waals surface area contributed by atoms with Crippen molar-refractivity contribution in [1.82, 2.24) is 0 Å². The van der Waals surface area contributed by atoms with Crippen LogP contribution < -0.4 is 0 Å². The molecule has 2 heteroatoms. The Kier molecular flexibility index (Phi) is 57.4. The van der Waals surface area contributed by atoms with Gasteiger partial charge in [0.15, 0.2) is 0 Å². The Morgan fingerprint density at radius 2 is 1.58 bits per heavy atom. The van der Waals surface area contributed by atoms with E-state index in [2.05, 4.69) is 24.2 Å². The Hall–Kier alpha value is 0.254. The number of allylic oxidation sites excluding steroid dienone is 2. The van der Waals surface area contributed by atoms with E-state index in [9.17, 15) is 0 Å². The van der Waals surface area contributed by atoms with Gasteiger partial charge in [0.05, 0.1) is 0 Å². The molecule has 0 N–H and O–H groups in total. The van der Waals surface area contributed by atoms with E-state index in [1.165, 1.54) is 6.21 Å². The molecular weight excluding hydrogens is 223 g/mol. The molecule has 0 unspecified atom stereocenters. The Balaban J connectivity index is -0.0000000560. The smallest absolute Gasteiger partial charge is 0.0266 e. The second kappa shape index (κ2) is 30.3. The average Bonchev–Trinajstić information content (AvgIpc) is 2.08. The van der Waals surface area contributed by atoms with Crippen molar-refractivity contribution >= 4 is 6.21 Å². The molecule has 1 nitrogen and oxygen atoms in total. The number of aliphatic imine (C=N–C) groups is 1. The van der Waals surface area contributed by atoms with Crippen LogP contribution >= 0.6 is 0 Å². The van der Waals surface area contributed by atoms with Crippen LogP contribution in [0.25, 0.3) is 0 Å². The fourth-order valence-corrected chi connectivity index (χ4v) is 0.156. The number of rotatable bonds is 2. The number of hydrogen-bond acceptors (Lipinski definition) is 1. The Labute approximate surface area is 103 Å². The molecule has 0 saturated heterocycles. The van der Waals surface area contributed by atoms with Gasteiger partial charge >= 0.3 is 0 Å². The van der Waals surface area contributed by atoms with Gasteiger partial charge in [-0.2, -0.15) is 6.21 Å². The van der Waals surface area contributed by atoms with Crippen LogP contribution in [0.3, 0.4) is 0 Å². The topological polar surface area (TPSA) is 12.4 Å². The molecule has 0 aromatic carbocycles. The SMILES string of the molecule is C=[C-]C=NC(=C)C.CC.CC.[Y]. The molecule has 1 radical (unpaired) electrons. The minimum absolute atomic E-state index is 0. The first kappa shape index (κ1) is 22.8. The van der Waals surface area contributed by atoms with E-state index >= 15 is 0 Å². The van der Waals surface area contributed by atoms with Crippen LogP contribution in [-0.2, 0) is 32.7 Å². The zero-order valence-electron chi connectivity index (χ0n) is 9.02. The first-order chi connectivity index (χ1) is 5.27. The van der Waals surface area contributed by atoms with Crippen LogP contribution in [-0.4, -0.2) is 6.21 Å². The zero-order chi connectivity index (χ0) is 9.70. The Bertz CT molecular complexity index is 106. The van der Waals surface area contributed by atoms with Crippen LogP contribution in [0.1, 0.15) is 34.6 Å². The predicted molar refractivity (Wildman–Crippen MR) is 54.9 cm³/mol. The van der Waals surface area contributed by atoms with Crippen LogP contribution in [0.2, 0.25) is 0 Å². The molecule has 0 amide bonds. The van der Waals surface area contributed by atoms with E-state index in [4.69, 9.17) is 0 Å². The molecule has 0 aliphatic carbocycles. The van der Waals surface area contributed by atoms with Gasteiger partial charge < -0.3 is 6.08 Å². The van der Waals surface area contributed by atoms with Crippen LogP contribution in [0.15, 0.2) is 23.8 Å². The summed E-state index contributed by atoms with van der Waals surface area (Å²) in [5, 5.41) is 0. The largest absolute Gasteiger partial charge is 0.461 e. The maximum atomic E-state index is 3.75. The number of nitrogens with zero attached hydrogens (tertiary/aromatic N) is 1. The Morgan fingerprint density at radius 3 is 1.67 bits per heavy atom. The molecule has 12 heavy (non-hydrogen) atoms. The molecule has 0 bridgehead atoms. The van der Waals surface area contributed by atoms with Crippen molar-refractivity contribution in [1.29, 1.82) is 0 Å². The van der Waals surface area contributed by atoms with Gasteiger partial charge in [0.25, 0.3) is 0 Å². The van der Waals surface area contributed by atoms with E-state index < -0.39 is 0 Å². The quantitative estimate of drug-likeness (QED) is 0.518. The molecule has 0 aliphatic rings. The third-order valence-corrected chi connectivity index (χ3v) is 0.376. The van der Waals surface area contributed by atoms with Gasteiger partial charge in [0.1, 0.15) is 0 Å². The maximum Gasteiger partial charge on any atom is 0.0266 e. The summed E-state index contributed by atoms with van der Waals surface area (Å²) in [6, 6.07) is 0. The molecule has 0 aliphatic heterocycles. The van der Waals surface area contributed by atoms with Crippen molar-refractivity contribution in [2.45, 2.75) is 34.6 Å². The van der Waals surface area contributed by atoms with Crippen molar-refractivity contribution in [3.63, 3.8) is 0 Å². The van der Waals surface area contributed by atoms with Gasteiger partial charge in [0, 0.05) is 38.4 Å². The predicted octanol–water partition coefficient (Wildman–Crippen LogP) is 3.63. The minimum atomic E-state index is 0. The van der Waals surface area contributed by atoms with E-state index in [-0.39, 0.29) is 32.7 Å². The van der Waals surface area contributed by atoms with Crippen molar-refractivity contribution in [2.24, 2.45) is 4.99 Å². The second-order valence-electron chi connectivity index (χ2n) is 1.20. The summed E-state index contributed by atoms with van der Waals surface area (Å²) < 4.78 is 0. The van der Waals surface area contributed by atoms with E-state index in [0.717, 1.165) is 5.70 Å². The fourth-order valence-electron chi connectivity index (χ4n) is 0.156. The molecule has 0 spiro atoms. The summed E-state index contributed by atoms with van der Waals surface area (Å²) in [6.45, 7) is 16.7.